The van der Waals surface area contributed by atoms with Crippen molar-refractivity contribution in [3.8, 4) is 0 Å². The summed E-state index contributed by atoms with van der Waals surface area (Å²) in [6.07, 6.45) is -3.41. The van der Waals surface area contributed by atoms with Gasteiger partial charge in [0.15, 0.2) is 6.23 Å². The number of nitrogens with zero attached hydrogens (tertiary/aromatic N) is 2. The van der Waals surface area contributed by atoms with E-state index in [-0.39, 0.29) is 13.0 Å². The zero-order valence-corrected chi connectivity index (χ0v) is 12.4. The molecule has 5 atom stereocenters. The van der Waals surface area contributed by atoms with E-state index in [1.807, 2.05) is 0 Å². The Morgan fingerprint density at radius 1 is 1.33 bits per heavy atom. The number of hydrogen-bond acceptors (Lipinski definition) is 8. The summed E-state index contributed by atoms with van der Waals surface area (Å²) in [5.74, 6) is -1.28. The zero-order valence-electron chi connectivity index (χ0n) is 12.4. The van der Waals surface area contributed by atoms with E-state index >= 15 is 0 Å². The molecule has 5 unspecified atom stereocenters. The summed E-state index contributed by atoms with van der Waals surface area (Å²) >= 11 is 0. The van der Waals surface area contributed by atoms with Crippen LogP contribution in [0.25, 0.3) is 0 Å². The van der Waals surface area contributed by atoms with Gasteiger partial charge in [-0.3, -0.25) is 14.2 Å². The van der Waals surface area contributed by atoms with Crippen LogP contribution in [0.1, 0.15) is 12.6 Å². The molecule has 0 bridgehead atoms. The molecule has 11 heteroatoms. The van der Waals surface area contributed by atoms with E-state index in [9.17, 15) is 24.6 Å². The maximum absolute atomic E-state index is 12.4. The van der Waals surface area contributed by atoms with Crippen LogP contribution < -0.4 is 17.0 Å². The number of hydrogen-bond donors (Lipinski definition) is 5. The fourth-order valence-corrected chi connectivity index (χ4v) is 2.29. The Kier molecular flexibility index (Phi) is 5.37. The summed E-state index contributed by atoms with van der Waals surface area (Å²) in [5.41, 5.74) is 3.55. The summed E-state index contributed by atoms with van der Waals surface area (Å²) in [7, 11) is 0. The second kappa shape index (κ2) is 7.12. The Balaban J connectivity index is 2.30. The predicted molar refractivity (Wildman–Crippen MR) is 75.9 cm³/mol. The summed E-state index contributed by atoms with van der Waals surface area (Å²) in [6, 6.07) is 0.868. The Hall–Kier alpha value is -2.23. The van der Waals surface area contributed by atoms with Crippen LogP contribution in [0.5, 0.6) is 0 Å². The molecule has 2 rings (SSSR count). The van der Waals surface area contributed by atoms with Crippen molar-refractivity contribution in [1.29, 1.82) is 0 Å². The average molecular weight is 343 g/mol. The molecule has 0 aliphatic carbocycles. The lowest BCUT2D eigenvalue weighted by molar-refractivity contribution is -0.138. The molecule has 0 saturated carbocycles. The highest BCUT2D eigenvalue weighted by Gasteiger charge is 2.44. The largest absolute Gasteiger partial charge is 0.480 e. The van der Waals surface area contributed by atoms with Crippen molar-refractivity contribution in [2.75, 3.05) is 6.61 Å². The monoisotopic (exact) mass is 343 g/mol. The number of aromatic nitrogens is 2. The molecule has 1 fully saturated rings. The molecular formula is C13H17N3O8. The van der Waals surface area contributed by atoms with E-state index < -0.39 is 54.4 Å². The van der Waals surface area contributed by atoms with Crippen molar-refractivity contribution in [2.45, 2.75) is 43.5 Å². The van der Waals surface area contributed by atoms with Crippen molar-refractivity contribution >= 4 is 5.97 Å². The van der Waals surface area contributed by atoms with E-state index in [4.69, 9.17) is 20.7 Å². The van der Waals surface area contributed by atoms with Gasteiger partial charge in [-0.25, -0.2) is 9.36 Å². The molecule has 11 nitrogen and oxygen atoms in total. The summed E-state index contributed by atoms with van der Waals surface area (Å²) in [5, 5.41) is 37.4. The summed E-state index contributed by atoms with van der Waals surface area (Å²) in [6.45, 7) is -0.870. The normalized spacial score (nSPS) is 27.7. The molecule has 0 spiro atoms. The van der Waals surface area contributed by atoms with Crippen molar-refractivity contribution in [3.63, 3.8) is 0 Å². The maximum Gasteiger partial charge on any atom is 0.341 e. The number of carboxylic acids is 1. The van der Waals surface area contributed by atoms with E-state index in [0.717, 1.165) is 4.57 Å². The lowest BCUT2D eigenvalue weighted by Gasteiger charge is -2.16. The first-order valence-corrected chi connectivity index (χ1v) is 7.05. The molecular weight excluding hydrogens is 326 g/mol. The van der Waals surface area contributed by atoms with Gasteiger partial charge < -0.3 is 30.9 Å². The van der Waals surface area contributed by atoms with Crippen LogP contribution in [0.15, 0.2) is 9.59 Å². The van der Waals surface area contributed by atoms with Gasteiger partial charge in [-0.1, -0.05) is 0 Å². The molecule has 24 heavy (non-hydrogen) atoms. The first kappa shape index (κ1) is 18.1. The number of aliphatic carboxylic acids is 1. The van der Waals surface area contributed by atoms with Gasteiger partial charge >= 0.3 is 17.2 Å². The van der Waals surface area contributed by atoms with Gasteiger partial charge in [-0.2, -0.15) is 0 Å². The van der Waals surface area contributed by atoms with Crippen molar-refractivity contribution in [2.24, 2.45) is 5.73 Å². The maximum atomic E-state index is 12.4. The molecule has 1 saturated heterocycles. The molecule has 0 amide bonds. The minimum absolute atomic E-state index is 0.182. The fourth-order valence-electron chi connectivity index (χ4n) is 2.29. The topological polar surface area (TPSA) is 177 Å². The highest BCUT2D eigenvalue weighted by atomic mass is 16.6. The third kappa shape index (κ3) is 3.32. The summed E-state index contributed by atoms with van der Waals surface area (Å²) < 4.78 is 6.58. The highest BCUT2D eigenvalue weighted by molar-refractivity contribution is 5.72. The Morgan fingerprint density at radius 3 is 2.54 bits per heavy atom. The Labute approximate surface area is 135 Å². The van der Waals surface area contributed by atoms with Crippen molar-refractivity contribution in [3.05, 3.63) is 33.1 Å². The van der Waals surface area contributed by atoms with Gasteiger partial charge in [-0.05, 0) is 6.42 Å². The molecule has 0 radical (unpaired) electrons. The molecule has 1 aromatic rings. The predicted octanol–water partition coefficient (Wildman–Crippen LogP) is -3.98. The van der Waals surface area contributed by atoms with E-state index in [0.29, 0.717) is 4.57 Å². The average Bonchev–Trinajstić information content (AvgIpc) is 2.82. The standard InChI is InChI=1S/C13H17N3O8/c14-6(12(21)22)1-3-15-8(18)2-4-16(13(15)23)11-10(20)9(19)7(5-17)24-11/h6-7,9-11,17,19-20H,1,3,5,14H2,(H,21,22). The number of rotatable bonds is 6. The van der Waals surface area contributed by atoms with E-state index in [1.165, 1.54) is 0 Å². The smallest absolute Gasteiger partial charge is 0.341 e. The number of nitrogens with two attached hydrogens (primary N) is 1. The molecule has 0 aromatic carbocycles. The summed E-state index contributed by atoms with van der Waals surface area (Å²) in [4.78, 5) is 34.8. The molecule has 132 valence electrons. The minimum atomic E-state index is -1.53. The first-order chi connectivity index (χ1) is 11.3. The number of aliphatic hydroxyl groups excluding tert-OH is 3. The van der Waals surface area contributed by atoms with Gasteiger partial charge in [-0.15, -0.1) is 0 Å². The Bertz CT molecular complexity index is 714. The molecule has 2 heterocycles. The minimum Gasteiger partial charge on any atom is -0.480 e. The molecule has 6 N–H and O–H groups in total. The van der Waals surface area contributed by atoms with Crippen molar-refractivity contribution < 1.29 is 30.0 Å². The third-order valence-electron chi connectivity index (χ3n) is 3.72. The van der Waals surface area contributed by atoms with Crippen LogP contribution in [0.2, 0.25) is 0 Å². The first-order valence-electron chi connectivity index (χ1n) is 7.05. The van der Waals surface area contributed by atoms with Crippen LogP contribution >= 0.6 is 0 Å². The van der Waals surface area contributed by atoms with Gasteiger partial charge in [0.2, 0.25) is 0 Å². The third-order valence-corrected chi connectivity index (χ3v) is 3.72. The van der Waals surface area contributed by atoms with Crippen LogP contribution in [-0.4, -0.2) is 66.5 Å². The molecule has 1 aliphatic rings. The lowest BCUT2D eigenvalue weighted by atomic mass is 10.1. The van der Waals surface area contributed by atoms with Crippen LogP contribution in [0, 0.1) is 12.3 Å². The Morgan fingerprint density at radius 2 is 2.00 bits per heavy atom. The SMILES string of the molecule is NC(CCn1c(=O)c#cn(C2OC(CO)C(O)C2O)c1=O)C(=O)O. The van der Waals surface area contributed by atoms with Gasteiger partial charge in [0, 0.05) is 18.8 Å². The number of carbonyl (C=O) groups is 1. The number of ether oxygens (including phenoxy) is 1. The quantitative estimate of drug-likeness (QED) is 0.344. The second-order valence-electron chi connectivity index (χ2n) is 5.31. The number of carboxylic acid groups (broad SMARTS) is 1. The van der Waals surface area contributed by atoms with Gasteiger partial charge in [0.05, 0.1) is 6.61 Å². The van der Waals surface area contributed by atoms with E-state index in [2.05, 4.69) is 12.3 Å². The van der Waals surface area contributed by atoms with E-state index in [1.54, 1.807) is 0 Å². The number of aliphatic hydroxyl groups is 3. The van der Waals surface area contributed by atoms with Crippen LogP contribution in [0.4, 0.5) is 0 Å². The zero-order chi connectivity index (χ0) is 18.0. The fraction of sp³-hybridized carbons (Fsp3) is 0.615. The molecule has 1 aliphatic heterocycles. The van der Waals surface area contributed by atoms with Crippen molar-refractivity contribution in [1.82, 2.24) is 9.13 Å². The van der Waals surface area contributed by atoms with Crippen LogP contribution in [-0.2, 0) is 16.1 Å². The lowest BCUT2D eigenvalue weighted by Crippen LogP contribution is -2.43. The van der Waals surface area contributed by atoms with Crippen LogP contribution in [0.3, 0.4) is 0 Å². The highest BCUT2D eigenvalue weighted by Crippen LogP contribution is 2.27. The second-order valence-corrected chi connectivity index (χ2v) is 5.31. The van der Waals surface area contributed by atoms with Gasteiger partial charge in [0.1, 0.15) is 24.4 Å². The van der Waals surface area contributed by atoms with Gasteiger partial charge in [0.25, 0.3) is 0 Å². The molecule has 1 aromatic heterocycles.